The summed E-state index contributed by atoms with van der Waals surface area (Å²) in [6.45, 7) is 5.63. The van der Waals surface area contributed by atoms with E-state index in [9.17, 15) is 0 Å². The van der Waals surface area contributed by atoms with Gasteiger partial charge in [-0.25, -0.2) is 0 Å². The van der Waals surface area contributed by atoms with E-state index in [1.54, 1.807) is 0 Å². The van der Waals surface area contributed by atoms with Crippen molar-refractivity contribution in [1.29, 1.82) is 5.26 Å². The average Bonchev–Trinajstić information content (AvgIpc) is 2.16. The van der Waals surface area contributed by atoms with Crippen LogP contribution in [0.2, 0.25) is 0 Å². The number of aryl methyl sites for hydroxylation is 1. The molecule has 0 heterocycles. The molecule has 0 aliphatic rings. The zero-order chi connectivity index (χ0) is 9.84. The molecule has 0 amide bonds. The SMILES string of the molecule is [CH2]C(CO)c1cccc(C)c1C#N. The predicted octanol–water partition coefficient (Wildman–Crippen LogP) is 1.78. The van der Waals surface area contributed by atoms with Gasteiger partial charge >= 0.3 is 0 Å². The van der Waals surface area contributed by atoms with Gasteiger partial charge in [-0.3, -0.25) is 0 Å². The smallest absolute Gasteiger partial charge is 0.0997 e. The number of aliphatic hydroxyl groups is 1. The molecule has 0 spiro atoms. The van der Waals surface area contributed by atoms with Crippen LogP contribution in [-0.2, 0) is 0 Å². The number of benzene rings is 1. The van der Waals surface area contributed by atoms with Crippen LogP contribution >= 0.6 is 0 Å². The van der Waals surface area contributed by atoms with E-state index in [2.05, 4.69) is 13.0 Å². The highest BCUT2D eigenvalue weighted by Gasteiger charge is 2.10. The first-order valence-corrected chi connectivity index (χ1v) is 4.14. The molecule has 2 heteroatoms. The first kappa shape index (κ1) is 9.76. The molecule has 0 aromatic heterocycles. The van der Waals surface area contributed by atoms with Gasteiger partial charge in [0.15, 0.2) is 0 Å². The quantitative estimate of drug-likeness (QED) is 0.742. The summed E-state index contributed by atoms with van der Waals surface area (Å²) in [6.07, 6.45) is 0. The number of aliphatic hydroxyl groups excluding tert-OH is 1. The van der Waals surface area contributed by atoms with Crippen LogP contribution < -0.4 is 0 Å². The Bertz CT molecular complexity index is 338. The lowest BCUT2D eigenvalue weighted by Crippen LogP contribution is -2.03. The third kappa shape index (κ3) is 1.88. The lowest BCUT2D eigenvalue weighted by Gasteiger charge is -2.11. The van der Waals surface area contributed by atoms with Crippen LogP contribution in [0.5, 0.6) is 0 Å². The van der Waals surface area contributed by atoms with Crippen molar-refractivity contribution in [2.45, 2.75) is 12.8 Å². The van der Waals surface area contributed by atoms with Gasteiger partial charge in [-0.15, -0.1) is 0 Å². The molecule has 1 rings (SSSR count). The van der Waals surface area contributed by atoms with Gasteiger partial charge in [-0.2, -0.15) is 5.26 Å². The summed E-state index contributed by atoms with van der Waals surface area (Å²) in [7, 11) is 0. The second kappa shape index (κ2) is 4.06. The zero-order valence-corrected chi connectivity index (χ0v) is 7.62. The van der Waals surface area contributed by atoms with Gasteiger partial charge in [0.1, 0.15) is 0 Å². The Labute approximate surface area is 78.4 Å². The van der Waals surface area contributed by atoms with Crippen molar-refractivity contribution in [3.63, 3.8) is 0 Å². The molecular formula is C11H12NO. The van der Waals surface area contributed by atoms with E-state index in [0.29, 0.717) is 5.56 Å². The average molecular weight is 174 g/mol. The molecule has 13 heavy (non-hydrogen) atoms. The minimum Gasteiger partial charge on any atom is -0.396 e. The van der Waals surface area contributed by atoms with E-state index >= 15 is 0 Å². The summed E-state index contributed by atoms with van der Waals surface area (Å²) in [6, 6.07) is 7.72. The maximum Gasteiger partial charge on any atom is 0.0997 e. The third-order valence-corrected chi connectivity index (χ3v) is 2.08. The van der Waals surface area contributed by atoms with E-state index in [-0.39, 0.29) is 12.5 Å². The summed E-state index contributed by atoms with van der Waals surface area (Å²) in [5, 5.41) is 17.8. The van der Waals surface area contributed by atoms with Crippen LogP contribution in [0, 0.1) is 25.2 Å². The number of hydrogen-bond donors (Lipinski definition) is 1. The van der Waals surface area contributed by atoms with Crippen molar-refractivity contribution in [1.82, 2.24) is 0 Å². The third-order valence-electron chi connectivity index (χ3n) is 2.08. The van der Waals surface area contributed by atoms with Crippen molar-refractivity contribution in [3.8, 4) is 6.07 Å². The summed E-state index contributed by atoms with van der Waals surface area (Å²) in [5.74, 6) is -0.213. The number of nitrogens with zero attached hydrogens (tertiary/aromatic N) is 1. The molecule has 1 aromatic rings. The number of hydrogen-bond acceptors (Lipinski definition) is 2. The first-order valence-electron chi connectivity index (χ1n) is 4.14. The fraction of sp³-hybridized carbons (Fsp3) is 0.273. The van der Waals surface area contributed by atoms with Crippen molar-refractivity contribution >= 4 is 0 Å². The van der Waals surface area contributed by atoms with Gasteiger partial charge in [0, 0.05) is 12.5 Å². The van der Waals surface area contributed by atoms with Gasteiger partial charge in [0.25, 0.3) is 0 Å². The van der Waals surface area contributed by atoms with E-state index < -0.39 is 0 Å². The Kier molecular flexibility index (Phi) is 3.05. The Morgan fingerprint density at radius 2 is 2.31 bits per heavy atom. The molecule has 0 aliphatic heterocycles. The Balaban J connectivity index is 3.22. The van der Waals surface area contributed by atoms with Crippen LogP contribution in [0.4, 0.5) is 0 Å². The molecule has 1 atom stereocenters. The molecule has 1 unspecified atom stereocenters. The molecular weight excluding hydrogens is 162 g/mol. The fourth-order valence-corrected chi connectivity index (χ4v) is 1.28. The van der Waals surface area contributed by atoms with Gasteiger partial charge in [0.05, 0.1) is 11.6 Å². The molecule has 1 aromatic carbocycles. The van der Waals surface area contributed by atoms with Crippen LogP contribution in [0.25, 0.3) is 0 Å². The normalized spacial score (nSPS) is 12.2. The first-order chi connectivity index (χ1) is 6.20. The lowest BCUT2D eigenvalue weighted by atomic mass is 9.94. The van der Waals surface area contributed by atoms with Gasteiger partial charge < -0.3 is 5.11 Å². The van der Waals surface area contributed by atoms with Crippen LogP contribution in [0.1, 0.15) is 22.6 Å². The summed E-state index contributed by atoms with van der Waals surface area (Å²) >= 11 is 0. The second-order valence-electron chi connectivity index (χ2n) is 3.03. The van der Waals surface area contributed by atoms with Crippen LogP contribution in [0.15, 0.2) is 18.2 Å². The molecule has 2 nitrogen and oxygen atoms in total. The van der Waals surface area contributed by atoms with Gasteiger partial charge in [-0.1, -0.05) is 18.2 Å². The largest absolute Gasteiger partial charge is 0.396 e. The van der Waals surface area contributed by atoms with Gasteiger partial charge in [-0.05, 0) is 25.0 Å². The molecule has 0 saturated carbocycles. The van der Waals surface area contributed by atoms with Crippen LogP contribution in [-0.4, -0.2) is 11.7 Å². The molecule has 0 fully saturated rings. The Hall–Kier alpha value is -1.33. The highest BCUT2D eigenvalue weighted by molar-refractivity contribution is 5.45. The van der Waals surface area contributed by atoms with E-state index in [0.717, 1.165) is 11.1 Å². The van der Waals surface area contributed by atoms with Crippen molar-refractivity contribution in [2.24, 2.45) is 0 Å². The minimum absolute atomic E-state index is 0.0296. The highest BCUT2D eigenvalue weighted by atomic mass is 16.3. The van der Waals surface area contributed by atoms with Crippen molar-refractivity contribution in [2.75, 3.05) is 6.61 Å². The maximum atomic E-state index is 8.93. The zero-order valence-electron chi connectivity index (χ0n) is 7.62. The molecule has 67 valence electrons. The molecule has 0 bridgehead atoms. The lowest BCUT2D eigenvalue weighted by molar-refractivity contribution is 0.282. The summed E-state index contributed by atoms with van der Waals surface area (Å²) < 4.78 is 0. The molecule has 1 radical (unpaired) electrons. The van der Waals surface area contributed by atoms with E-state index in [1.165, 1.54) is 0 Å². The van der Waals surface area contributed by atoms with Gasteiger partial charge in [0.2, 0.25) is 0 Å². The van der Waals surface area contributed by atoms with Crippen LogP contribution in [0.3, 0.4) is 0 Å². The number of nitriles is 1. The molecule has 1 N–H and O–H groups in total. The topological polar surface area (TPSA) is 44.0 Å². The molecule has 0 aliphatic carbocycles. The van der Waals surface area contributed by atoms with E-state index in [1.807, 2.05) is 25.1 Å². The fourth-order valence-electron chi connectivity index (χ4n) is 1.28. The maximum absolute atomic E-state index is 8.93. The molecule has 0 saturated heterocycles. The predicted molar refractivity (Wildman–Crippen MR) is 51.1 cm³/mol. The summed E-state index contributed by atoms with van der Waals surface area (Å²) in [5.41, 5.74) is 2.39. The van der Waals surface area contributed by atoms with E-state index in [4.69, 9.17) is 10.4 Å². The standard InChI is InChI=1S/C11H12NO/c1-8-4-3-5-10(9(2)7-13)11(8)6-12/h3-5,9,13H,2,7H2,1H3. The van der Waals surface area contributed by atoms with Crippen molar-refractivity contribution < 1.29 is 5.11 Å². The van der Waals surface area contributed by atoms with Crippen molar-refractivity contribution in [3.05, 3.63) is 41.8 Å². The summed E-state index contributed by atoms with van der Waals surface area (Å²) in [4.78, 5) is 0. The number of rotatable bonds is 2. The highest BCUT2D eigenvalue weighted by Crippen LogP contribution is 2.20. The Morgan fingerprint density at radius 3 is 2.85 bits per heavy atom. The minimum atomic E-state index is -0.213. The second-order valence-corrected chi connectivity index (χ2v) is 3.03. The Morgan fingerprint density at radius 1 is 1.62 bits per heavy atom. The monoisotopic (exact) mass is 174 g/mol.